The largest absolute Gasteiger partial charge is 0.508 e. The van der Waals surface area contributed by atoms with Crippen molar-refractivity contribution in [3.63, 3.8) is 0 Å². The molecule has 2 rings (SSSR count). The molecule has 0 spiro atoms. The predicted octanol–water partition coefficient (Wildman–Crippen LogP) is 7.13. The molecular weight excluding hydrogens is 545 g/mol. The smallest absolute Gasteiger partial charge is 0.330 e. The zero-order valence-corrected chi connectivity index (χ0v) is 25.1. The average molecular weight is 583 g/mol. The fourth-order valence-electron chi connectivity index (χ4n) is 4.79. The molecular formula is C29H37Cl2NO7. The molecule has 214 valence electrons. The van der Waals surface area contributed by atoms with Gasteiger partial charge in [0.15, 0.2) is 11.3 Å². The highest BCUT2D eigenvalue weighted by Crippen LogP contribution is 2.44. The van der Waals surface area contributed by atoms with Crippen molar-refractivity contribution >= 4 is 41.0 Å². The maximum Gasteiger partial charge on any atom is 0.330 e. The highest BCUT2D eigenvalue weighted by Gasteiger charge is 2.59. The van der Waals surface area contributed by atoms with Gasteiger partial charge in [-0.25, -0.2) is 4.79 Å². The number of rotatable bonds is 9. The number of carboxylic acid groups (broad SMARTS) is 2. The van der Waals surface area contributed by atoms with Crippen LogP contribution in [-0.4, -0.2) is 49.1 Å². The Bertz CT molecular complexity index is 1240. The van der Waals surface area contributed by atoms with Crippen LogP contribution in [0.25, 0.3) is 0 Å². The standard InChI is InChI=1S/C29H37Cl2NO7/c1-16(2)19-14-18(9-10-22(19)33)39-25-20(30)11-17(12-21(25)31)13-23(34)32(28(6,7)8)29(26(37)38,15-24(35)36)27(3,4)5/h9-12,14,16,33H,13,15H2,1-8H3,(H,35,36)(H,37,38)/t29-/m0/s1. The van der Waals surface area contributed by atoms with Crippen LogP contribution in [0.2, 0.25) is 10.0 Å². The number of aliphatic carboxylic acids is 2. The Morgan fingerprint density at radius 1 is 0.949 bits per heavy atom. The van der Waals surface area contributed by atoms with Crippen LogP contribution >= 0.6 is 23.2 Å². The first-order chi connectivity index (χ1) is 17.7. The first-order valence-corrected chi connectivity index (χ1v) is 13.2. The fourth-order valence-corrected chi connectivity index (χ4v) is 5.40. The molecule has 0 aliphatic carbocycles. The summed E-state index contributed by atoms with van der Waals surface area (Å²) in [5, 5.41) is 30.4. The number of carbonyl (C=O) groups is 3. The molecule has 3 N–H and O–H groups in total. The van der Waals surface area contributed by atoms with E-state index >= 15 is 0 Å². The van der Waals surface area contributed by atoms with E-state index in [2.05, 4.69) is 0 Å². The van der Waals surface area contributed by atoms with Crippen LogP contribution in [-0.2, 0) is 20.8 Å². The van der Waals surface area contributed by atoms with Crippen molar-refractivity contribution in [3.8, 4) is 17.2 Å². The molecule has 0 unspecified atom stereocenters. The van der Waals surface area contributed by atoms with Crippen molar-refractivity contribution in [3.05, 3.63) is 51.5 Å². The van der Waals surface area contributed by atoms with Gasteiger partial charge >= 0.3 is 11.9 Å². The molecule has 2 aromatic rings. The molecule has 0 heterocycles. The summed E-state index contributed by atoms with van der Waals surface area (Å²) in [6, 6.07) is 7.78. The van der Waals surface area contributed by atoms with E-state index in [1.807, 2.05) is 13.8 Å². The summed E-state index contributed by atoms with van der Waals surface area (Å²) in [7, 11) is 0. The molecule has 39 heavy (non-hydrogen) atoms. The second-order valence-electron chi connectivity index (χ2n) is 11.9. The zero-order valence-electron chi connectivity index (χ0n) is 23.6. The van der Waals surface area contributed by atoms with Crippen LogP contribution in [0.3, 0.4) is 0 Å². The normalized spacial score (nSPS) is 13.6. The van der Waals surface area contributed by atoms with E-state index in [-0.39, 0.29) is 33.9 Å². The van der Waals surface area contributed by atoms with Gasteiger partial charge in [-0.1, -0.05) is 57.8 Å². The van der Waals surface area contributed by atoms with Gasteiger partial charge in [0, 0.05) is 11.1 Å². The predicted molar refractivity (Wildman–Crippen MR) is 151 cm³/mol. The van der Waals surface area contributed by atoms with Gasteiger partial charge in [0.2, 0.25) is 5.91 Å². The lowest BCUT2D eigenvalue weighted by molar-refractivity contribution is -0.181. The molecule has 2 aromatic carbocycles. The third kappa shape index (κ3) is 6.97. The van der Waals surface area contributed by atoms with E-state index < -0.39 is 40.8 Å². The van der Waals surface area contributed by atoms with Crippen molar-refractivity contribution in [2.75, 3.05) is 0 Å². The van der Waals surface area contributed by atoms with Crippen LogP contribution in [0.5, 0.6) is 17.2 Å². The summed E-state index contributed by atoms with van der Waals surface area (Å²) in [6.45, 7) is 13.7. The summed E-state index contributed by atoms with van der Waals surface area (Å²) in [6.07, 6.45) is -1.06. The Balaban J connectivity index is 2.51. The van der Waals surface area contributed by atoms with Gasteiger partial charge < -0.3 is 25.0 Å². The van der Waals surface area contributed by atoms with Crippen molar-refractivity contribution in [1.82, 2.24) is 4.90 Å². The summed E-state index contributed by atoms with van der Waals surface area (Å²) in [5.41, 5.74) is -3.13. The SMILES string of the molecule is CC(C)c1cc(Oc2c(Cl)cc(CC(=O)N(C(C)(C)C)[C@@](CC(=O)O)(C(=O)O)C(C)(C)C)cc2Cl)ccc1O. The first kappa shape index (κ1) is 32.2. The maximum atomic E-state index is 13.8. The number of aromatic hydroxyl groups is 1. The molecule has 0 aliphatic heterocycles. The van der Waals surface area contributed by atoms with Gasteiger partial charge in [0.1, 0.15) is 11.5 Å². The van der Waals surface area contributed by atoms with Gasteiger partial charge in [-0.15, -0.1) is 0 Å². The van der Waals surface area contributed by atoms with Crippen molar-refractivity contribution in [1.29, 1.82) is 0 Å². The Morgan fingerprint density at radius 3 is 1.90 bits per heavy atom. The highest BCUT2D eigenvalue weighted by atomic mass is 35.5. The zero-order chi connectivity index (χ0) is 30.1. The Hall–Kier alpha value is -2.97. The van der Waals surface area contributed by atoms with E-state index in [1.54, 1.807) is 53.7 Å². The molecule has 0 fully saturated rings. The van der Waals surface area contributed by atoms with E-state index in [1.165, 1.54) is 18.2 Å². The second kappa shape index (κ2) is 11.6. The van der Waals surface area contributed by atoms with Crippen LogP contribution in [0, 0.1) is 5.41 Å². The van der Waals surface area contributed by atoms with Crippen molar-refractivity contribution in [2.24, 2.45) is 5.41 Å². The number of carboxylic acids is 2. The number of nitrogens with zero attached hydrogens (tertiary/aromatic N) is 1. The Kier molecular flexibility index (Phi) is 9.62. The number of amides is 1. The van der Waals surface area contributed by atoms with Crippen LogP contribution in [0.4, 0.5) is 0 Å². The number of carbonyl (C=O) groups excluding carboxylic acids is 1. The molecule has 8 nitrogen and oxygen atoms in total. The molecule has 0 bridgehead atoms. The van der Waals surface area contributed by atoms with Gasteiger partial charge in [-0.3, -0.25) is 9.59 Å². The molecule has 0 aromatic heterocycles. The molecule has 0 saturated heterocycles. The average Bonchev–Trinajstić information content (AvgIpc) is 2.74. The summed E-state index contributed by atoms with van der Waals surface area (Å²) >= 11 is 13.0. The number of phenols is 1. The Morgan fingerprint density at radius 2 is 1.49 bits per heavy atom. The monoisotopic (exact) mass is 581 g/mol. The molecule has 0 aliphatic rings. The lowest BCUT2D eigenvalue weighted by Crippen LogP contribution is -2.70. The first-order valence-electron chi connectivity index (χ1n) is 12.5. The van der Waals surface area contributed by atoms with Crippen LogP contribution in [0.1, 0.15) is 78.9 Å². The number of hydrogen-bond acceptors (Lipinski definition) is 5. The van der Waals surface area contributed by atoms with Gasteiger partial charge in [-0.2, -0.15) is 0 Å². The Labute approximate surface area is 239 Å². The second-order valence-corrected chi connectivity index (χ2v) is 12.7. The number of benzene rings is 2. The van der Waals surface area contributed by atoms with Crippen molar-refractivity contribution in [2.45, 2.75) is 85.2 Å². The molecule has 0 saturated carbocycles. The van der Waals surface area contributed by atoms with Crippen molar-refractivity contribution < 1.29 is 34.4 Å². The fraction of sp³-hybridized carbons (Fsp3) is 0.483. The molecule has 10 heteroatoms. The third-order valence-corrected chi connectivity index (χ3v) is 7.12. The maximum absolute atomic E-state index is 13.8. The van der Waals surface area contributed by atoms with E-state index in [0.29, 0.717) is 16.9 Å². The van der Waals surface area contributed by atoms with E-state index in [9.17, 15) is 29.7 Å². The van der Waals surface area contributed by atoms with E-state index in [0.717, 1.165) is 4.90 Å². The quantitative estimate of drug-likeness (QED) is 0.287. The summed E-state index contributed by atoms with van der Waals surface area (Å²) in [4.78, 5) is 39.6. The molecule has 1 atom stereocenters. The minimum Gasteiger partial charge on any atom is -0.508 e. The summed E-state index contributed by atoms with van der Waals surface area (Å²) in [5.74, 6) is -2.58. The van der Waals surface area contributed by atoms with Crippen LogP contribution in [0.15, 0.2) is 30.3 Å². The lowest BCUT2D eigenvalue weighted by Gasteiger charge is -2.53. The van der Waals surface area contributed by atoms with Crippen LogP contribution < -0.4 is 4.74 Å². The topological polar surface area (TPSA) is 124 Å². The van der Waals surface area contributed by atoms with Gasteiger partial charge in [-0.05, 0) is 68.0 Å². The highest BCUT2D eigenvalue weighted by molar-refractivity contribution is 6.37. The lowest BCUT2D eigenvalue weighted by atomic mass is 9.68. The minimum atomic E-state index is -2.04. The number of phenolic OH excluding ortho intramolecular Hbond substituents is 1. The van der Waals surface area contributed by atoms with E-state index in [4.69, 9.17) is 27.9 Å². The number of halogens is 2. The molecule has 0 radical (unpaired) electrons. The minimum absolute atomic E-state index is 0.0470. The number of hydrogen-bond donors (Lipinski definition) is 3. The third-order valence-electron chi connectivity index (χ3n) is 6.56. The number of ether oxygens (including phenoxy) is 1. The molecule has 1 amide bonds. The van der Waals surface area contributed by atoms with Gasteiger partial charge in [0.05, 0.1) is 22.9 Å². The summed E-state index contributed by atoms with van der Waals surface area (Å²) < 4.78 is 5.91. The van der Waals surface area contributed by atoms with Gasteiger partial charge in [0.25, 0.3) is 0 Å².